The Bertz CT molecular complexity index is 1480. The van der Waals surface area contributed by atoms with E-state index >= 15 is 0 Å². The minimum absolute atomic E-state index is 0.0192. The van der Waals surface area contributed by atoms with E-state index in [0.717, 1.165) is 10.8 Å². The van der Waals surface area contributed by atoms with Crippen molar-refractivity contribution in [3.8, 4) is 0 Å². The predicted octanol–water partition coefficient (Wildman–Crippen LogP) is 6.20. The minimum atomic E-state index is -0.861. The molecule has 6 aromatic rings. The van der Waals surface area contributed by atoms with Crippen LogP contribution in [0.4, 0.5) is 0 Å². The average molecular weight is 364 g/mol. The van der Waals surface area contributed by atoms with Crippen LogP contribution in [0, 0.1) is 0 Å². The standard InChI is InChI=1S/C25H16O3/c26-19(2-1-3-20(27)28)18-12-16-9-8-14-5-4-13-6-7-15-10-11-17(18)25-23(15)21(13)22(14)24(16)25/h4-12H,1-3H2,(H,27,28). The summed E-state index contributed by atoms with van der Waals surface area (Å²) in [6, 6.07) is 19.1. The zero-order valence-electron chi connectivity index (χ0n) is 15.1. The second kappa shape index (κ2) is 5.29. The molecule has 0 aliphatic rings. The molecule has 0 atom stereocenters. The van der Waals surface area contributed by atoms with Gasteiger partial charge in [0.1, 0.15) is 0 Å². The maximum atomic E-state index is 13.0. The lowest BCUT2D eigenvalue weighted by Crippen LogP contribution is -2.03. The Morgan fingerprint density at radius 3 is 1.75 bits per heavy atom. The van der Waals surface area contributed by atoms with E-state index < -0.39 is 5.97 Å². The highest BCUT2D eigenvalue weighted by molar-refractivity contribution is 6.45. The first kappa shape index (κ1) is 15.6. The van der Waals surface area contributed by atoms with Crippen LogP contribution in [0.1, 0.15) is 29.6 Å². The van der Waals surface area contributed by atoms with Gasteiger partial charge in [0.15, 0.2) is 5.78 Å². The number of carbonyl (C=O) groups excluding carboxylic acids is 1. The molecule has 3 nitrogen and oxygen atoms in total. The highest BCUT2D eigenvalue weighted by atomic mass is 16.4. The molecular weight excluding hydrogens is 348 g/mol. The van der Waals surface area contributed by atoms with Crippen LogP contribution in [-0.4, -0.2) is 16.9 Å². The fourth-order valence-electron chi connectivity index (χ4n) is 4.94. The lowest BCUT2D eigenvalue weighted by Gasteiger charge is -2.10. The van der Waals surface area contributed by atoms with E-state index in [1.807, 2.05) is 6.07 Å². The Kier molecular flexibility index (Phi) is 2.95. The summed E-state index contributed by atoms with van der Waals surface area (Å²) in [7, 11) is 0. The van der Waals surface area contributed by atoms with Crippen LogP contribution < -0.4 is 0 Å². The number of hydrogen-bond donors (Lipinski definition) is 1. The molecule has 1 N–H and O–H groups in total. The quantitative estimate of drug-likeness (QED) is 0.292. The van der Waals surface area contributed by atoms with Crippen molar-refractivity contribution < 1.29 is 14.7 Å². The third-order valence-electron chi connectivity index (χ3n) is 6.12. The lowest BCUT2D eigenvalue weighted by atomic mass is 9.92. The van der Waals surface area contributed by atoms with Gasteiger partial charge in [0.25, 0.3) is 0 Å². The average Bonchev–Trinajstić information content (AvgIpc) is 3.07. The molecule has 0 saturated heterocycles. The molecule has 0 aliphatic carbocycles. The smallest absolute Gasteiger partial charge is 0.303 e. The van der Waals surface area contributed by atoms with Gasteiger partial charge in [0, 0.05) is 18.4 Å². The molecule has 0 aromatic heterocycles. The van der Waals surface area contributed by atoms with Crippen LogP contribution in [0.5, 0.6) is 0 Å². The van der Waals surface area contributed by atoms with Gasteiger partial charge >= 0.3 is 5.97 Å². The van der Waals surface area contributed by atoms with E-state index in [1.54, 1.807) is 0 Å². The maximum absolute atomic E-state index is 13.0. The number of hydrogen-bond acceptors (Lipinski definition) is 2. The monoisotopic (exact) mass is 364 g/mol. The van der Waals surface area contributed by atoms with Crippen molar-refractivity contribution >= 4 is 65.6 Å². The molecule has 0 spiro atoms. The summed E-state index contributed by atoms with van der Waals surface area (Å²) in [5, 5.41) is 20.8. The molecule has 0 fully saturated rings. The van der Waals surface area contributed by atoms with Crippen molar-refractivity contribution in [2.75, 3.05) is 0 Å². The molecular formula is C25H16O3. The first-order valence-corrected chi connectivity index (χ1v) is 9.56. The summed E-state index contributed by atoms with van der Waals surface area (Å²) in [5.41, 5.74) is 0.707. The number of carbonyl (C=O) groups is 2. The summed E-state index contributed by atoms with van der Waals surface area (Å²) >= 11 is 0. The SMILES string of the molecule is O=C(O)CCCC(=O)c1cc2ccc3ccc4ccc5ccc1c1c5c4c3c21. The number of ketones is 1. The molecule has 3 heteroatoms. The van der Waals surface area contributed by atoms with Crippen LogP contribution >= 0.6 is 0 Å². The normalized spacial score (nSPS) is 12.4. The topological polar surface area (TPSA) is 54.4 Å². The van der Waals surface area contributed by atoms with Crippen molar-refractivity contribution in [2.24, 2.45) is 0 Å². The Hall–Kier alpha value is -3.46. The van der Waals surface area contributed by atoms with Gasteiger partial charge < -0.3 is 5.11 Å². The van der Waals surface area contributed by atoms with E-state index in [2.05, 4.69) is 48.5 Å². The van der Waals surface area contributed by atoms with Crippen LogP contribution in [0.3, 0.4) is 0 Å². The Morgan fingerprint density at radius 2 is 1.14 bits per heavy atom. The van der Waals surface area contributed by atoms with Crippen molar-refractivity contribution in [3.05, 3.63) is 60.2 Å². The number of rotatable bonds is 5. The van der Waals surface area contributed by atoms with E-state index in [9.17, 15) is 9.59 Å². The van der Waals surface area contributed by atoms with Crippen LogP contribution in [0.25, 0.3) is 53.9 Å². The van der Waals surface area contributed by atoms with Gasteiger partial charge in [-0.05, 0) is 66.3 Å². The third-order valence-corrected chi connectivity index (χ3v) is 6.12. The van der Waals surface area contributed by atoms with Gasteiger partial charge in [-0.2, -0.15) is 0 Å². The predicted molar refractivity (Wildman–Crippen MR) is 113 cm³/mol. The molecule has 0 amide bonds. The second-order valence-electron chi connectivity index (χ2n) is 7.67. The second-order valence-corrected chi connectivity index (χ2v) is 7.67. The van der Waals surface area contributed by atoms with Crippen molar-refractivity contribution in [3.63, 3.8) is 0 Å². The number of aliphatic carboxylic acids is 1. The highest BCUT2D eigenvalue weighted by Crippen LogP contribution is 2.48. The Balaban J connectivity index is 1.71. The van der Waals surface area contributed by atoms with Crippen molar-refractivity contribution in [2.45, 2.75) is 19.3 Å². The summed E-state index contributed by atoms with van der Waals surface area (Å²) in [6.45, 7) is 0. The summed E-state index contributed by atoms with van der Waals surface area (Å²) in [4.78, 5) is 23.8. The molecule has 0 aliphatic heterocycles. The first-order chi connectivity index (χ1) is 13.6. The van der Waals surface area contributed by atoms with Crippen molar-refractivity contribution in [1.29, 1.82) is 0 Å². The molecule has 0 saturated carbocycles. The fourth-order valence-corrected chi connectivity index (χ4v) is 4.94. The van der Waals surface area contributed by atoms with Crippen molar-refractivity contribution in [1.82, 2.24) is 0 Å². The highest BCUT2D eigenvalue weighted by Gasteiger charge is 2.22. The molecule has 0 heterocycles. The zero-order valence-corrected chi connectivity index (χ0v) is 15.1. The van der Waals surface area contributed by atoms with E-state index in [0.29, 0.717) is 12.0 Å². The third kappa shape index (κ3) is 1.88. The van der Waals surface area contributed by atoms with Gasteiger partial charge in [-0.3, -0.25) is 9.59 Å². The summed E-state index contributed by atoms with van der Waals surface area (Å²) in [6.07, 6.45) is 0.641. The Morgan fingerprint density at radius 1 is 0.643 bits per heavy atom. The van der Waals surface area contributed by atoms with Gasteiger partial charge in [-0.25, -0.2) is 0 Å². The van der Waals surface area contributed by atoms with E-state index in [-0.39, 0.29) is 18.6 Å². The zero-order chi connectivity index (χ0) is 19.0. The first-order valence-electron chi connectivity index (χ1n) is 9.56. The molecule has 6 rings (SSSR count). The molecule has 134 valence electrons. The molecule has 0 unspecified atom stereocenters. The summed E-state index contributed by atoms with van der Waals surface area (Å²) < 4.78 is 0. The van der Waals surface area contributed by atoms with Gasteiger partial charge in [0.2, 0.25) is 0 Å². The Labute approximate surface area is 160 Å². The fraction of sp³-hybridized carbons (Fsp3) is 0.120. The number of carboxylic acid groups (broad SMARTS) is 1. The van der Waals surface area contributed by atoms with Crippen LogP contribution in [0.15, 0.2) is 54.6 Å². The number of Topliss-reactive ketones (excluding diaryl/α,β-unsaturated/α-hetero) is 1. The maximum Gasteiger partial charge on any atom is 0.303 e. The number of benzene rings is 5. The van der Waals surface area contributed by atoms with E-state index in [4.69, 9.17) is 5.11 Å². The van der Waals surface area contributed by atoms with Crippen LogP contribution in [0.2, 0.25) is 0 Å². The van der Waals surface area contributed by atoms with E-state index in [1.165, 1.54) is 43.1 Å². The molecule has 6 aromatic carbocycles. The largest absolute Gasteiger partial charge is 0.481 e. The molecule has 28 heavy (non-hydrogen) atoms. The van der Waals surface area contributed by atoms with Gasteiger partial charge in [-0.15, -0.1) is 0 Å². The molecule has 0 radical (unpaired) electrons. The van der Waals surface area contributed by atoms with Crippen LogP contribution in [-0.2, 0) is 4.79 Å². The van der Waals surface area contributed by atoms with Gasteiger partial charge in [0.05, 0.1) is 0 Å². The van der Waals surface area contributed by atoms with Gasteiger partial charge in [-0.1, -0.05) is 48.5 Å². The molecule has 0 bridgehead atoms. The summed E-state index contributed by atoms with van der Waals surface area (Å²) in [5.74, 6) is -0.842. The number of carboxylic acids is 1. The lowest BCUT2D eigenvalue weighted by molar-refractivity contribution is -0.137. The minimum Gasteiger partial charge on any atom is -0.481 e.